The first kappa shape index (κ1) is 24.2. The number of alkyl halides is 1. The molecule has 7 heteroatoms. The van der Waals surface area contributed by atoms with E-state index < -0.39 is 58.4 Å². The highest BCUT2D eigenvalue weighted by Gasteiger charge is 2.80. The number of benzene rings is 1. The van der Waals surface area contributed by atoms with Crippen LogP contribution in [0.1, 0.15) is 52.0 Å². The molecule has 2 N–H and O–H groups in total. The van der Waals surface area contributed by atoms with E-state index in [0.717, 1.165) is 5.56 Å². The van der Waals surface area contributed by atoms with Gasteiger partial charge in [0, 0.05) is 22.3 Å². The van der Waals surface area contributed by atoms with Crippen LogP contribution in [-0.4, -0.2) is 51.9 Å². The lowest BCUT2D eigenvalue weighted by atomic mass is 9.44. The van der Waals surface area contributed by atoms with Crippen molar-refractivity contribution in [3.63, 3.8) is 0 Å². The predicted molar refractivity (Wildman–Crippen MR) is 128 cm³/mol. The van der Waals surface area contributed by atoms with E-state index in [1.807, 2.05) is 37.3 Å². The normalized spacial score (nSPS) is 49.1. The molecule has 1 aliphatic heterocycles. The summed E-state index contributed by atoms with van der Waals surface area (Å²) in [5.41, 5.74) is -4.15. The van der Waals surface area contributed by atoms with Crippen LogP contribution < -0.4 is 0 Å². The Morgan fingerprint density at radius 3 is 2.58 bits per heavy atom. The maximum atomic E-state index is 17.4. The zero-order chi connectivity index (χ0) is 25.7. The molecule has 0 radical (unpaired) electrons. The van der Waals surface area contributed by atoms with E-state index in [2.05, 4.69) is 0 Å². The third kappa shape index (κ3) is 2.65. The van der Waals surface area contributed by atoms with Crippen LogP contribution >= 0.6 is 0 Å². The third-order valence-electron chi connectivity index (χ3n) is 10.4. The number of hydrogen-bond donors (Lipinski definition) is 2. The molecule has 192 valence electrons. The molecule has 0 amide bonds. The Bertz CT molecular complexity index is 1200. The van der Waals surface area contributed by atoms with Gasteiger partial charge in [-0.25, -0.2) is 4.39 Å². The van der Waals surface area contributed by atoms with Crippen molar-refractivity contribution in [2.45, 2.75) is 75.7 Å². The summed E-state index contributed by atoms with van der Waals surface area (Å²) in [5.74, 6) is -2.78. The summed E-state index contributed by atoms with van der Waals surface area (Å²) in [7, 11) is 0. The van der Waals surface area contributed by atoms with E-state index in [-0.39, 0.29) is 18.1 Å². The zero-order valence-electron chi connectivity index (χ0n) is 20.9. The quantitative estimate of drug-likeness (QED) is 0.665. The van der Waals surface area contributed by atoms with Crippen LogP contribution in [0.4, 0.5) is 4.39 Å². The van der Waals surface area contributed by atoms with Crippen molar-refractivity contribution in [3.05, 3.63) is 59.7 Å². The van der Waals surface area contributed by atoms with Gasteiger partial charge in [-0.3, -0.25) is 9.59 Å². The number of fused-ring (bicyclic) bond motifs is 7. The summed E-state index contributed by atoms with van der Waals surface area (Å²) < 4.78 is 30.5. The molecule has 4 aliphatic carbocycles. The van der Waals surface area contributed by atoms with Gasteiger partial charge in [-0.05, 0) is 57.6 Å². The van der Waals surface area contributed by atoms with Crippen LogP contribution in [-0.2, 0) is 24.8 Å². The fraction of sp³-hybridized carbons (Fsp3) is 0.586. The van der Waals surface area contributed by atoms with E-state index in [9.17, 15) is 19.8 Å². The Labute approximate surface area is 210 Å². The molecule has 4 fully saturated rings. The fourth-order valence-electron chi connectivity index (χ4n) is 8.64. The van der Waals surface area contributed by atoms with E-state index in [1.165, 1.54) is 12.2 Å². The number of ketones is 2. The molecule has 5 aliphatic rings. The molecule has 0 spiro atoms. The highest BCUT2D eigenvalue weighted by molar-refractivity contribution is 6.01. The number of hydrogen-bond acceptors (Lipinski definition) is 6. The van der Waals surface area contributed by atoms with Gasteiger partial charge < -0.3 is 19.7 Å². The van der Waals surface area contributed by atoms with Crippen molar-refractivity contribution in [1.82, 2.24) is 0 Å². The smallest absolute Gasteiger partial charge is 0.193 e. The molecule has 6 rings (SSSR count). The topological polar surface area (TPSA) is 93.1 Å². The van der Waals surface area contributed by atoms with Gasteiger partial charge in [0.25, 0.3) is 0 Å². The largest absolute Gasteiger partial charge is 0.390 e. The minimum Gasteiger partial charge on any atom is -0.390 e. The van der Waals surface area contributed by atoms with Gasteiger partial charge in [-0.1, -0.05) is 48.9 Å². The number of carbonyl (C=O) groups excluding carboxylic acids is 2. The summed E-state index contributed by atoms with van der Waals surface area (Å²) in [6.07, 6.45) is 3.77. The van der Waals surface area contributed by atoms with Crippen molar-refractivity contribution >= 4 is 11.6 Å². The second-order valence-electron chi connectivity index (χ2n) is 11.8. The average molecular weight is 497 g/mol. The highest BCUT2D eigenvalue weighted by Crippen LogP contribution is 2.72. The SMILES string of the molecule is C[C@]1(c2ccccc2)O[C@@H]2C[C@H]3[C@@H]4CCC5=CC(=O)C=C[C@@]5(C)[C@@]4(F)[C@H](O)C[C@]3(C)[C@]2(C(=O)CO)O1. The molecule has 0 unspecified atom stereocenters. The van der Waals surface area contributed by atoms with Crippen molar-refractivity contribution in [2.24, 2.45) is 22.7 Å². The summed E-state index contributed by atoms with van der Waals surface area (Å²) in [6.45, 7) is 4.70. The summed E-state index contributed by atoms with van der Waals surface area (Å²) in [4.78, 5) is 25.6. The fourth-order valence-corrected chi connectivity index (χ4v) is 8.64. The van der Waals surface area contributed by atoms with Crippen molar-refractivity contribution < 1.29 is 33.7 Å². The van der Waals surface area contributed by atoms with Gasteiger partial charge in [0.2, 0.25) is 0 Å². The molecular formula is C29H33FO6. The first-order chi connectivity index (χ1) is 17.0. The standard InChI is InChI=1S/C29H33FO6/c1-25-12-11-19(32)13-18(25)9-10-20-21-14-24-29(23(34)16-31,26(21,2)15-22(33)28(20,25)30)36-27(3,35-24)17-7-5-4-6-8-17/h4-8,11-13,20-22,24,31,33H,9-10,14-16H2,1-3H3/t20-,21-,22+,24+,25+,26-,27-,28-,29+/m0/s1. The molecule has 1 aromatic carbocycles. The Balaban J connectivity index is 1.46. The minimum atomic E-state index is -2.01. The Kier molecular flexibility index (Phi) is 4.99. The lowest BCUT2D eigenvalue weighted by Gasteiger charge is -2.62. The predicted octanol–water partition coefficient (Wildman–Crippen LogP) is 3.56. The van der Waals surface area contributed by atoms with Crippen LogP contribution in [0.5, 0.6) is 0 Å². The summed E-state index contributed by atoms with van der Waals surface area (Å²) >= 11 is 0. The van der Waals surface area contributed by atoms with Crippen molar-refractivity contribution in [3.8, 4) is 0 Å². The highest BCUT2D eigenvalue weighted by atomic mass is 19.1. The molecule has 3 saturated carbocycles. The van der Waals surface area contributed by atoms with Gasteiger partial charge in [-0.2, -0.15) is 0 Å². The third-order valence-corrected chi connectivity index (χ3v) is 10.4. The molecule has 1 aromatic rings. The molecule has 6 nitrogen and oxygen atoms in total. The average Bonchev–Trinajstić information content (AvgIpc) is 3.29. The van der Waals surface area contributed by atoms with Crippen molar-refractivity contribution in [1.29, 1.82) is 0 Å². The maximum absolute atomic E-state index is 17.4. The monoisotopic (exact) mass is 496 g/mol. The van der Waals surface area contributed by atoms with Crippen LogP contribution in [0, 0.1) is 22.7 Å². The first-order valence-electron chi connectivity index (χ1n) is 12.9. The number of ether oxygens (including phenoxy) is 2. The molecule has 9 atom stereocenters. The van der Waals surface area contributed by atoms with Gasteiger partial charge >= 0.3 is 0 Å². The number of aliphatic hydroxyl groups is 2. The molecule has 0 bridgehead atoms. The van der Waals surface area contributed by atoms with Crippen molar-refractivity contribution in [2.75, 3.05) is 6.61 Å². The Morgan fingerprint density at radius 1 is 1.17 bits per heavy atom. The number of carbonyl (C=O) groups is 2. The second-order valence-corrected chi connectivity index (χ2v) is 11.8. The molecule has 1 heterocycles. The van der Waals surface area contributed by atoms with Crippen LogP contribution in [0.3, 0.4) is 0 Å². The van der Waals surface area contributed by atoms with E-state index in [4.69, 9.17) is 9.47 Å². The molecule has 1 saturated heterocycles. The summed E-state index contributed by atoms with van der Waals surface area (Å²) in [6, 6.07) is 9.35. The molecular weight excluding hydrogens is 463 g/mol. The zero-order valence-corrected chi connectivity index (χ0v) is 20.9. The molecule has 0 aromatic heterocycles. The number of aliphatic hydroxyl groups excluding tert-OH is 2. The van der Waals surface area contributed by atoms with Gasteiger partial charge in [0.1, 0.15) is 6.61 Å². The van der Waals surface area contributed by atoms with Gasteiger partial charge in [-0.15, -0.1) is 0 Å². The van der Waals surface area contributed by atoms with E-state index >= 15 is 4.39 Å². The van der Waals surface area contributed by atoms with Gasteiger partial charge in [0.05, 0.1) is 12.2 Å². The lowest BCUT2D eigenvalue weighted by molar-refractivity contribution is -0.254. The van der Waals surface area contributed by atoms with E-state index in [0.29, 0.717) is 24.8 Å². The second kappa shape index (κ2) is 7.44. The maximum Gasteiger partial charge on any atom is 0.193 e. The molecule has 36 heavy (non-hydrogen) atoms. The minimum absolute atomic E-state index is 0.0220. The number of rotatable bonds is 3. The van der Waals surface area contributed by atoms with E-state index in [1.54, 1.807) is 19.9 Å². The van der Waals surface area contributed by atoms with Gasteiger partial charge in [0.15, 0.2) is 28.6 Å². The van der Waals surface area contributed by atoms with Crippen LogP contribution in [0.15, 0.2) is 54.1 Å². The number of allylic oxidation sites excluding steroid dienone is 4. The lowest BCUT2D eigenvalue weighted by Crippen LogP contribution is -2.70. The Morgan fingerprint density at radius 2 is 1.89 bits per heavy atom. The Hall–Kier alpha value is -2.19. The number of halogens is 1. The number of Topliss-reactive ketones (excluding diaryl/α,β-unsaturated/α-hetero) is 1. The van der Waals surface area contributed by atoms with Crippen LogP contribution in [0.2, 0.25) is 0 Å². The summed E-state index contributed by atoms with van der Waals surface area (Å²) in [5, 5.41) is 21.7. The van der Waals surface area contributed by atoms with Crippen LogP contribution in [0.25, 0.3) is 0 Å². The first-order valence-corrected chi connectivity index (χ1v) is 12.9.